The molecule has 7 nitrogen and oxygen atoms in total. The standard InChI is InChI=1S/C35H27ClF2N4O3S2/c1-2-31(34(45)42-35-41-30(20-46-35)21-14-16-23(37)17-15-21)47-25-11-6-10-24(18-25)39-33(44)29(19-26-27(36)12-7-13-28(26)38)40-32(43)22-8-4-3-5-9-22/h3-20,31H,2H2,1H3,(H,39,44)(H,40,43)(H,41,42,45)/b29-19+. The topological polar surface area (TPSA) is 100 Å². The quantitative estimate of drug-likeness (QED) is 0.0953. The summed E-state index contributed by atoms with van der Waals surface area (Å²) in [5, 5.41) is 9.96. The Hall–Kier alpha value is -4.84. The number of aromatic nitrogens is 1. The molecule has 0 saturated heterocycles. The first-order valence-electron chi connectivity index (χ1n) is 14.3. The number of anilines is 2. The Balaban J connectivity index is 1.29. The monoisotopic (exact) mass is 688 g/mol. The van der Waals surface area contributed by atoms with Crippen molar-refractivity contribution in [2.75, 3.05) is 10.6 Å². The van der Waals surface area contributed by atoms with E-state index in [1.165, 1.54) is 59.5 Å². The van der Waals surface area contributed by atoms with Crippen LogP contribution in [0.4, 0.5) is 19.6 Å². The second-order valence-corrected chi connectivity index (χ2v) is 12.6. The number of halogens is 3. The smallest absolute Gasteiger partial charge is 0.272 e. The molecule has 5 aromatic rings. The fourth-order valence-electron chi connectivity index (χ4n) is 4.34. The molecule has 0 bridgehead atoms. The summed E-state index contributed by atoms with van der Waals surface area (Å²) in [5.74, 6) is -2.53. The molecule has 0 spiro atoms. The highest BCUT2D eigenvalue weighted by Crippen LogP contribution is 2.30. The number of thiazole rings is 1. The number of benzene rings is 4. The van der Waals surface area contributed by atoms with Gasteiger partial charge in [-0.15, -0.1) is 23.1 Å². The number of nitrogens with one attached hydrogen (secondary N) is 3. The van der Waals surface area contributed by atoms with Crippen molar-refractivity contribution in [2.24, 2.45) is 0 Å². The third kappa shape index (κ3) is 8.91. The van der Waals surface area contributed by atoms with Crippen molar-refractivity contribution in [3.63, 3.8) is 0 Å². The molecular formula is C35H27ClF2N4O3S2. The van der Waals surface area contributed by atoms with Crippen LogP contribution in [0.25, 0.3) is 17.3 Å². The zero-order valence-electron chi connectivity index (χ0n) is 24.8. The number of rotatable bonds is 11. The SMILES string of the molecule is CCC(Sc1cccc(NC(=O)/C(=C\c2c(F)cccc2Cl)NC(=O)c2ccccc2)c1)C(=O)Nc1nc(-c2ccc(F)cc2)cs1. The maximum absolute atomic E-state index is 14.6. The molecule has 12 heteroatoms. The normalized spacial score (nSPS) is 11.9. The third-order valence-electron chi connectivity index (χ3n) is 6.72. The summed E-state index contributed by atoms with van der Waals surface area (Å²) >= 11 is 8.78. The molecule has 0 radical (unpaired) electrons. The van der Waals surface area contributed by atoms with E-state index in [2.05, 4.69) is 20.9 Å². The molecule has 1 aromatic heterocycles. The Morgan fingerprint density at radius 2 is 1.68 bits per heavy atom. The lowest BCUT2D eigenvalue weighted by molar-refractivity contribution is -0.116. The maximum atomic E-state index is 14.6. The average Bonchev–Trinajstić information content (AvgIpc) is 3.53. The van der Waals surface area contributed by atoms with Crippen LogP contribution in [0.5, 0.6) is 0 Å². The van der Waals surface area contributed by atoms with Gasteiger partial charge in [-0.25, -0.2) is 13.8 Å². The van der Waals surface area contributed by atoms with E-state index >= 15 is 0 Å². The molecule has 5 rings (SSSR count). The van der Waals surface area contributed by atoms with Crippen LogP contribution < -0.4 is 16.0 Å². The predicted octanol–water partition coefficient (Wildman–Crippen LogP) is 8.66. The number of nitrogens with zero attached hydrogens (tertiary/aromatic N) is 1. The molecule has 4 aromatic carbocycles. The van der Waals surface area contributed by atoms with Gasteiger partial charge in [0.15, 0.2) is 5.13 Å². The van der Waals surface area contributed by atoms with Crippen molar-refractivity contribution in [2.45, 2.75) is 23.5 Å². The highest BCUT2D eigenvalue weighted by atomic mass is 35.5. The van der Waals surface area contributed by atoms with Crippen LogP contribution in [-0.2, 0) is 9.59 Å². The second-order valence-electron chi connectivity index (χ2n) is 10.0. The lowest BCUT2D eigenvalue weighted by Crippen LogP contribution is -2.30. The Morgan fingerprint density at radius 3 is 2.40 bits per heavy atom. The molecule has 47 heavy (non-hydrogen) atoms. The first kappa shape index (κ1) is 33.5. The fraction of sp³-hybridized carbons (Fsp3) is 0.0857. The minimum absolute atomic E-state index is 0.0567. The number of carbonyl (C=O) groups excluding carboxylic acids is 3. The van der Waals surface area contributed by atoms with Gasteiger partial charge in [0, 0.05) is 32.7 Å². The minimum atomic E-state index is -0.707. The Bertz CT molecular complexity index is 1910. The summed E-state index contributed by atoms with van der Waals surface area (Å²) < 4.78 is 27.9. The highest BCUT2D eigenvalue weighted by Gasteiger charge is 2.21. The number of carbonyl (C=O) groups is 3. The van der Waals surface area contributed by atoms with Crippen molar-refractivity contribution in [1.82, 2.24) is 10.3 Å². The Kier molecular flexibility index (Phi) is 11.2. The van der Waals surface area contributed by atoms with Gasteiger partial charge in [0.1, 0.15) is 17.3 Å². The molecule has 0 fully saturated rings. The highest BCUT2D eigenvalue weighted by molar-refractivity contribution is 8.00. The first-order valence-corrected chi connectivity index (χ1v) is 16.5. The molecule has 0 aliphatic heterocycles. The second kappa shape index (κ2) is 15.6. The molecule has 1 unspecified atom stereocenters. The molecule has 3 N–H and O–H groups in total. The van der Waals surface area contributed by atoms with Gasteiger partial charge in [0.05, 0.1) is 16.0 Å². The van der Waals surface area contributed by atoms with Crippen molar-refractivity contribution >= 4 is 69.3 Å². The van der Waals surface area contributed by atoms with Gasteiger partial charge in [-0.2, -0.15) is 0 Å². The minimum Gasteiger partial charge on any atom is -0.321 e. The van der Waals surface area contributed by atoms with Crippen molar-refractivity contribution < 1.29 is 23.2 Å². The van der Waals surface area contributed by atoms with Gasteiger partial charge < -0.3 is 16.0 Å². The number of hydrogen-bond donors (Lipinski definition) is 3. The number of thioether (sulfide) groups is 1. The zero-order chi connectivity index (χ0) is 33.3. The van der Waals surface area contributed by atoms with Crippen LogP contribution in [-0.4, -0.2) is 28.0 Å². The maximum Gasteiger partial charge on any atom is 0.272 e. The molecule has 0 aliphatic carbocycles. The molecule has 1 atom stereocenters. The average molecular weight is 689 g/mol. The summed E-state index contributed by atoms with van der Waals surface area (Å²) in [4.78, 5) is 44.7. The van der Waals surface area contributed by atoms with Gasteiger partial charge in [0.2, 0.25) is 5.91 Å². The first-order chi connectivity index (χ1) is 22.7. The summed E-state index contributed by atoms with van der Waals surface area (Å²) in [5.41, 5.74) is 1.77. The van der Waals surface area contributed by atoms with E-state index < -0.39 is 22.9 Å². The summed E-state index contributed by atoms with van der Waals surface area (Å²) in [7, 11) is 0. The summed E-state index contributed by atoms with van der Waals surface area (Å²) in [6, 6.07) is 25.2. The van der Waals surface area contributed by atoms with Crippen molar-refractivity contribution in [3.8, 4) is 11.3 Å². The lowest BCUT2D eigenvalue weighted by Gasteiger charge is -2.15. The number of hydrogen-bond acceptors (Lipinski definition) is 6. The van der Waals surface area contributed by atoms with Crippen LogP contribution in [0.3, 0.4) is 0 Å². The van der Waals surface area contributed by atoms with Crippen LogP contribution >= 0.6 is 34.7 Å². The molecular weight excluding hydrogens is 662 g/mol. The molecule has 3 amide bonds. The van der Waals surface area contributed by atoms with E-state index in [0.29, 0.717) is 33.4 Å². The predicted molar refractivity (Wildman–Crippen MR) is 184 cm³/mol. The summed E-state index contributed by atoms with van der Waals surface area (Å²) in [6.07, 6.45) is 1.69. The molecule has 0 aliphatic rings. The van der Waals surface area contributed by atoms with E-state index in [1.807, 2.05) is 6.92 Å². The van der Waals surface area contributed by atoms with Crippen LogP contribution in [0, 0.1) is 11.6 Å². The van der Waals surface area contributed by atoms with Gasteiger partial charge in [-0.1, -0.05) is 48.9 Å². The van der Waals surface area contributed by atoms with Gasteiger partial charge in [-0.05, 0) is 79.2 Å². The van der Waals surface area contributed by atoms with E-state index in [4.69, 9.17) is 11.6 Å². The van der Waals surface area contributed by atoms with E-state index in [-0.39, 0.29) is 28.0 Å². The number of amides is 3. The Labute approximate surface area is 283 Å². The van der Waals surface area contributed by atoms with Crippen molar-refractivity contribution in [3.05, 3.63) is 136 Å². The molecule has 238 valence electrons. The largest absolute Gasteiger partial charge is 0.321 e. The Morgan fingerprint density at radius 1 is 0.936 bits per heavy atom. The van der Waals surface area contributed by atoms with Gasteiger partial charge >= 0.3 is 0 Å². The molecule has 0 saturated carbocycles. The van der Waals surface area contributed by atoms with Gasteiger partial charge in [-0.3, -0.25) is 14.4 Å². The third-order valence-corrected chi connectivity index (χ3v) is 9.17. The van der Waals surface area contributed by atoms with Crippen LogP contribution in [0.1, 0.15) is 29.3 Å². The summed E-state index contributed by atoms with van der Waals surface area (Å²) in [6.45, 7) is 1.88. The van der Waals surface area contributed by atoms with E-state index in [1.54, 1.807) is 72.1 Å². The van der Waals surface area contributed by atoms with Gasteiger partial charge in [0.25, 0.3) is 11.8 Å². The van der Waals surface area contributed by atoms with Crippen LogP contribution in [0.15, 0.2) is 113 Å². The van der Waals surface area contributed by atoms with Crippen LogP contribution in [0.2, 0.25) is 5.02 Å². The van der Waals surface area contributed by atoms with E-state index in [0.717, 1.165) is 5.56 Å². The lowest BCUT2D eigenvalue weighted by atomic mass is 10.1. The fourth-order valence-corrected chi connectivity index (χ4v) is 6.29. The zero-order valence-corrected chi connectivity index (χ0v) is 27.2. The van der Waals surface area contributed by atoms with E-state index in [9.17, 15) is 23.2 Å². The van der Waals surface area contributed by atoms with Crippen molar-refractivity contribution in [1.29, 1.82) is 0 Å². The molecule has 1 heterocycles.